The van der Waals surface area contributed by atoms with Crippen LogP contribution < -0.4 is 20.1 Å². The molecule has 186 valence electrons. The Morgan fingerprint density at radius 2 is 1.97 bits per heavy atom. The summed E-state index contributed by atoms with van der Waals surface area (Å²) in [6.07, 6.45) is 2.31. The van der Waals surface area contributed by atoms with E-state index in [0.717, 1.165) is 6.07 Å². The number of rotatable bonds is 5. The molecule has 0 radical (unpaired) electrons. The van der Waals surface area contributed by atoms with E-state index in [2.05, 4.69) is 30.0 Å². The van der Waals surface area contributed by atoms with Crippen LogP contribution in [0.2, 0.25) is 0 Å². The molecule has 0 fully saturated rings. The Hall–Kier alpha value is -3.13. The SMILES string of the molecule is Cc1ccc(F)c(S(=O)(=O)NCCc2cnc3nc2NCCCNS(=O)(=O)c2cccc(c2)N3)c1. The average molecular weight is 521 g/mol. The van der Waals surface area contributed by atoms with Crippen molar-refractivity contribution in [1.82, 2.24) is 19.4 Å². The van der Waals surface area contributed by atoms with Gasteiger partial charge < -0.3 is 10.6 Å². The number of aromatic nitrogens is 2. The van der Waals surface area contributed by atoms with Gasteiger partial charge in [0.1, 0.15) is 16.5 Å². The molecule has 0 saturated heterocycles. The van der Waals surface area contributed by atoms with E-state index in [1.54, 1.807) is 25.3 Å². The third-order valence-corrected chi connectivity index (χ3v) is 8.20. The van der Waals surface area contributed by atoms with Crippen LogP contribution in [-0.4, -0.2) is 46.4 Å². The van der Waals surface area contributed by atoms with Gasteiger partial charge in [-0.3, -0.25) is 0 Å². The smallest absolute Gasteiger partial charge is 0.243 e. The van der Waals surface area contributed by atoms with E-state index in [1.165, 1.54) is 24.3 Å². The Labute approximate surface area is 203 Å². The zero-order chi connectivity index (χ0) is 25.1. The monoisotopic (exact) mass is 520 g/mol. The number of halogens is 1. The lowest BCUT2D eigenvalue weighted by Gasteiger charge is -2.13. The van der Waals surface area contributed by atoms with E-state index in [0.29, 0.717) is 35.6 Å². The van der Waals surface area contributed by atoms with Crippen molar-refractivity contribution in [2.45, 2.75) is 29.6 Å². The maximum Gasteiger partial charge on any atom is 0.243 e. The summed E-state index contributed by atoms with van der Waals surface area (Å²) in [5.41, 5.74) is 1.78. The number of hydrogen-bond acceptors (Lipinski definition) is 8. The van der Waals surface area contributed by atoms with E-state index in [4.69, 9.17) is 0 Å². The van der Waals surface area contributed by atoms with Gasteiger partial charge in [-0.25, -0.2) is 35.7 Å². The molecule has 10 nitrogen and oxygen atoms in total. The number of nitrogens with zero attached hydrogens (tertiary/aromatic N) is 2. The molecule has 2 aromatic carbocycles. The lowest BCUT2D eigenvalue weighted by Crippen LogP contribution is -2.27. The average Bonchev–Trinajstić information content (AvgIpc) is 2.81. The van der Waals surface area contributed by atoms with Gasteiger partial charge in [-0.2, -0.15) is 4.98 Å². The van der Waals surface area contributed by atoms with Crippen molar-refractivity contribution < 1.29 is 21.2 Å². The highest BCUT2D eigenvalue weighted by Crippen LogP contribution is 2.22. The van der Waals surface area contributed by atoms with Gasteiger partial charge in [0.05, 0.1) is 4.90 Å². The molecular formula is C22H25FN6O4S2. The molecule has 4 N–H and O–H groups in total. The normalized spacial score (nSPS) is 15.6. The van der Waals surface area contributed by atoms with Crippen molar-refractivity contribution in [3.8, 4) is 0 Å². The summed E-state index contributed by atoms with van der Waals surface area (Å²) in [5, 5.41) is 6.15. The maximum atomic E-state index is 14.1. The predicted molar refractivity (Wildman–Crippen MR) is 130 cm³/mol. The molecule has 4 bridgehead atoms. The van der Waals surface area contributed by atoms with Crippen LogP contribution >= 0.6 is 0 Å². The first-order valence-electron chi connectivity index (χ1n) is 10.9. The van der Waals surface area contributed by atoms with Crippen LogP contribution in [0.4, 0.5) is 21.8 Å². The number of anilines is 3. The van der Waals surface area contributed by atoms with Crippen molar-refractivity contribution in [2.75, 3.05) is 30.3 Å². The van der Waals surface area contributed by atoms with Crippen LogP contribution in [-0.2, 0) is 26.5 Å². The Morgan fingerprint density at radius 1 is 1.14 bits per heavy atom. The second-order valence-corrected chi connectivity index (χ2v) is 11.5. The topological polar surface area (TPSA) is 142 Å². The number of sulfonamides is 2. The summed E-state index contributed by atoms with van der Waals surface area (Å²) in [5.74, 6) is -0.0802. The third-order valence-electron chi connectivity index (χ3n) is 5.27. The molecule has 0 unspecified atom stereocenters. The predicted octanol–water partition coefficient (Wildman–Crippen LogP) is 2.28. The quantitative estimate of drug-likeness (QED) is 0.401. The van der Waals surface area contributed by atoms with Gasteiger partial charge in [-0.1, -0.05) is 12.1 Å². The van der Waals surface area contributed by atoms with Gasteiger partial charge >= 0.3 is 0 Å². The summed E-state index contributed by atoms with van der Waals surface area (Å²) in [4.78, 5) is 8.50. The molecule has 13 heteroatoms. The molecule has 3 aromatic rings. The first kappa shape index (κ1) is 25.0. The molecule has 4 rings (SSSR count). The summed E-state index contributed by atoms with van der Waals surface area (Å²) in [6.45, 7) is 2.33. The number of aryl methyl sites for hydroxylation is 1. The largest absolute Gasteiger partial charge is 0.370 e. The summed E-state index contributed by atoms with van der Waals surface area (Å²) >= 11 is 0. The fourth-order valence-electron chi connectivity index (χ4n) is 3.47. The van der Waals surface area contributed by atoms with E-state index >= 15 is 0 Å². The van der Waals surface area contributed by atoms with Gasteiger partial charge in [-0.05, 0) is 55.7 Å². The molecule has 1 aliphatic rings. The van der Waals surface area contributed by atoms with Crippen molar-refractivity contribution in [3.05, 3.63) is 65.6 Å². The number of benzene rings is 2. The molecule has 1 aromatic heterocycles. The molecule has 1 aliphatic heterocycles. The van der Waals surface area contributed by atoms with Gasteiger partial charge in [0.25, 0.3) is 0 Å². The Kier molecular flexibility index (Phi) is 7.31. The Balaban J connectivity index is 1.52. The second kappa shape index (κ2) is 10.2. The fourth-order valence-corrected chi connectivity index (χ4v) is 5.78. The summed E-state index contributed by atoms with van der Waals surface area (Å²) in [7, 11) is -7.69. The lowest BCUT2D eigenvalue weighted by atomic mass is 10.2. The first-order chi connectivity index (χ1) is 16.6. The highest BCUT2D eigenvalue weighted by Gasteiger charge is 2.20. The van der Waals surface area contributed by atoms with Crippen LogP contribution in [0.15, 0.2) is 58.5 Å². The van der Waals surface area contributed by atoms with Gasteiger partial charge in [0.15, 0.2) is 0 Å². The molecule has 2 heterocycles. The zero-order valence-corrected chi connectivity index (χ0v) is 20.5. The zero-order valence-electron chi connectivity index (χ0n) is 18.9. The van der Waals surface area contributed by atoms with Crippen molar-refractivity contribution >= 4 is 37.5 Å². The van der Waals surface area contributed by atoms with Crippen LogP contribution in [0.3, 0.4) is 0 Å². The molecule has 0 atom stereocenters. The molecule has 0 amide bonds. The van der Waals surface area contributed by atoms with Crippen LogP contribution in [0.25, 0.3) is 0 Å². The molecule has 35 heavy (non-hydrogen) atoms. The van der Waals surface area contributed by atoms with Gasteiger partial charge in [0.2, 0.25) is 26.0 Å². The Bertz CT molecular complexity index is 1450. The Morgan fingerprint density at radius 3 is 2.80 bits per heavy atom. The standard InChI is InChI=1S/C22H25FN6O4S2/c1-15-6-7-19(23)20(12-15)35(32,33)27-11-8-16-14-25-22-28-17-4-2-5-18(13-17)34(30,31)26-10-3-9-24-21(16)29-22/h2,4-7,12-14,26-27H,3,8-11H2,1H3,(H2,24,25,28,29). The van der Waals surface area contributed by atoms with E-state index in [-0.39, 0.29) is 30.4 Å². The second-order valence-electron chi connectivity index (χ2n) is 7.98. The van der Waals surface area contributed by atoms with Crippen molar-refractivity contribution in [3.63, 3.8) is 0 Å². The van der Waals surface area contributed by atoms with Crippen LogP contribution in [0.1, 0.15) is 17.5 Å². The van der Waals surface area contributed by atoms with Crippen LogP contribution in [0.5, 0.6) is 0 Å². The highest BCUT2D eigenvalue weighted by atomic mass is 32.2. The van der Waals surface area contributed by atoms with Crippen LogP contribution in [0, 0.1) is 12.7 Å². The third kappa shape index (κ3) is 6.11. The number of hydrogen-bond donors (Lipinski definition) is 4. The fraction of sp³-hybridized carbons (Fsp3) is 0.273. The number of fused-ring (bicyclic) bond motifs is 4. The molecular weight excluding hydrogens is 495 g/mol. The lowest BCUT2D eigenvalue weighted by molar-refractivity contribution is 0.556. The molecule has 0 saturated carbocycles. The molecule has 0 spiro atoms. The highest BCUT2D eigenvalue weighted by molar-refractivity contribution is 7.89. The molecule has 0 aliphatic carbocycles. The maximum absolute atomic E-state index is 14.1. The van der Waals surface area contributed by atoms with Gasteiger partial charge in [-0.15, -0.1) is 0 Å². The van der Waals surface area contributed by atoms with E-state index < -0.39 is 30.8 Å². The minimum absolute atomic E-state index is 0.00236. The van der Waals surface area contributed by atoms with Crippen molar-refractivity contribution in [1.29, 1.82) is 0 Å². The van der Waals surface area contributed by atoms with E-state index in [1.807, 2.05) is 0 Å². The van der Waals surface area contributed by atoms with Crippen molar-refractivity contribution in [2.24, 2.45) is 0 Å². The minimum atomic E-state index is -4.04. The minimum Gasteiger partial charge on any atom is -0.370 e. The first-order valence-corrected chi connectivity index (χ1v) is 13.8. The summed E-state index contributed by atoms with van der Waals surface area (Å²) in [6, 6.07) is 10.2. The number of nitrogens with one attached hydrogen (secondary N) is 4. The van der Waals surface area contributed by atoms with E-state index in [9.17, 15) is 21.2 Å². The van der Waals surface area contributed by atoms with Gasteiger partial charge in [0, 0.05) is 37.1 Å². The summed E-state index contributed by atoms with van der Waals surface area (Å²) < 4.78 is 69.2.